The van der Waals surface area contributed by atoms with Gasteiger partial charge in [0, 0.05) is 25.5 Å². The van der Waals surface area contributed by atoms with Gasteiger partial charge in [0.25, 0.3) is 5.91 Å². The zero-order chi connectivity index (χ0) is 19.3. The van der Waals surface area contributed by atoms with Crippen LogP contribution in [0.25, 0.3) is 6.08 Å². The van der Waals surface area contributed by atoms with E-state index in [4.69, 9.17) is 5.14 Å². The fourth-order valence-electron chi connectivity index (χ4n) is 2.11. The lowest BCUT2D eigenvalue weighted by Crippen LogP contribution is -2.14. The summed E-state index contributed by atoms with van der Waals surface area (Å²) in [5.74, 6) is -0.590. The number of nitrogens with one attached hydrogen (secondary N) is 1. The van der Waals surface area contributed by atoms with Gasteiger partial charge in [-0.05, 0) is 48.0 Å². The maximum atomic E-state index is 12.3. The first kappa shape index (κ1) is 19.2. The molecule has 0 aromatic heterocycles. The van der Waals surface area contributed by atoms with Crippen molar-refractivity contribution in [3.63, 3.8) is 0 Å². The van der Waals surface area contributed by atoms with E-state index in [2.05, 4.69) is 5.32 Å². The molecule has 0 heterocycles. The maximum absolute atomic E-state index is 12.3. The Morgan fingerprint density at radius 3 is 2.15 bits per heavy atom. The highest BCUT2D eigenvalue weighted by atomic mass is 32.2. The molecule has 2 aromatic rings. The summed E-state index contributed by atoms with van der Waals surface area (Å²) in [6.45, 7) is 0. The number of nitrogens with zero attached hydrogens (tertiary/aromatic N) is 2. The number of benzene rings is 2. The molecule has 0 atom stereocenters. The van der Waals surface area contributed by atoms with Crippen molar-refractivity contribution < 1.29 is 13.2 Å². The van der Waals surface area contributed by atoms with E-state index in [0.29, 0.717) is 11.3 Å². The summed E-state index contributed by atoms with van der Waals surface area (Å²) in [5.41, 5.74) is 2.00. The monoisotopic (exact) mass is 370 g/mol. The molecule has 0 bridgehead atoms. The third-order valence-corrected chi connectivity index (χ3v) is 4.46. The first-order valence-corrected chi connectivity index (χ1v) is 9.09. The van der Waals surface area contributed by atoms with E-state index >= 15 is 0 Å². The fraction of sp³-hybridized carbons (Fsp3) is 0.111. The van der Waals surface area contributed by atoms with Crippen molar-refractivity contribution in [2.75, 3.05) is 24.3 Å². The predicted octanol–water partition coefficient (Wildman–Crippen LogP) is 1.95. The molecule has 0 unspecified atom stereocenters. The molecule has 0 aliphatic rings. The van der Waals surface area contributed by atoms with Crippen molar-refractivity contribution in [1.82, 2.24) is 0 Å². The van der Waals surface area contributed by atoms with Crippen LogP contribution in [0.15, 0.2) is 59.0 Å². The van der Waals surface area contributed by atoms with Gasteiger partial charge in [0.1, 0.15) is 11.6 Å². The largest absolute Gasteiger partial charge is 0.378 e. The molecule has 1 amide bonds. The number of nitriles is 1. The average Bonchev–Trinajstić information content (AvgIpc) is 2.59. The molecule has 7 nitrogen and oxygen atoms in total. The lowest BCUT2D eigenvalue weighted by molar-refractivity contribution is -0.112. The SMILES string of the molecule is CN(C)c1ccc(C=C(C#N)C(=O)Nc2ccc(S(N)(=O)=O)cc2)cc1. The Labute approximate surface area is 152 Å². The molecule has 0 aliphatic heterocycles. The quantitative estimate of drug-likeness (QED) is 0.616. The lowest BCUT2D eigenvalue weighted by Gasteiger charge is -2.12. The molecule has 0 saturated carbocycles. The minimum Gasteiger partial charge on any atom is -0.378 e. The summed E-state index contributed by atoms with van der Waals surface area (Å²) < 4.78 is 22.5. The van der Waals surface area contributed by atoms with E-state index < -0.39 is 15.9 Å². The summed E-state index contributed by atoms with van der Waals surface area (Å²) in [4.78, 5) is 14.1. The van der Waals surface area contributed by atoms with Crippen LogP contribution < -0.4 is 15.4 Å². The molecule has 8 heteroatoms. The van der Waals surface area contributed by atoms with Gasteiger partial charge in [-0.1, -0.05) is 12.1 Å². The first-order valence-electron chi connectivity index (χ1n) is 7.54. The molecule has 26 heavy (non-hydrogen) atoms. The normalized spacial score (nSPS) is 11.5. The Balaban J connectivity index is 2.17. The highest BCUT2D eigenvalue weighted by Crippen LogP contribution is 2.16. The minimum absolute atomic E-state index is 0.0625. The molecule has 0 spiro atoms. The Kier molecular flexibility index (Phi) is 5.77. The minimum atomic E-state index is -3.80. The van der Waals surface area contributed by atoms with Gasteiger partial charge in [0.15, 0.2) is 0 Å². The second-order valence-corrected chi connectivity index (χ2v) is 7.24. The Bertz CT molecular complexity index is 971. The van der Waals surface area contributed by atoms with E-state index in [1.807, 2.05) is 37.2 Å². The molecule has 0 saturated heterocycles. The van der Waals surface area contributed by atoms with Crippen LogP contribution >= 0.6 is 0 Å². The van der Waals surface area contributed by atoms with Crippen molar-refractivity contribution in [3.05, 3.63) is 59.7 Å². The van der Waals surface area contributed by atoms with Crippen LogP contribution in [0.4, 0.5) is 11.4 Å². The van der Waals surface area contributed by atoms with Gasteiger partial charge in [0.05, 0.1) is 4.90 Å². The third-order valence-electron chi connectivity index (χ3n) is 3.53. The van der Waals surface area contributed by atoms with E-state index in [-0.39, 0.29) is 10.5 Å². The predicted molar refractivity (Wildman–Crippen MR) is 101 cm³/mol. The van der Waals surface area contributed by atoms with Gasteiger partial charge in [-0.15, -0.1) is 0 Å². The zero-order valence-corrected chi connectivity index (χ0v) is 15.1. The topological polar surface area (TPSA) is 116 Å². The van der Waals surface area contributed by atoms with Gasteiger partial charge >= 0.3 is 0 Å². The highest BCUT2D eigenvalue weighted by Gasteiger charge is 2.11. The van der Waals surface area contributed by atoms with E-state index in [9.17, 15) is 18.5 Å². The smallest absolute Gasteiger partial charge is 0.266 e. The number of hydrogen-bond acceptors (Lipinski definition) is 5. The van der Waals surface area contributed by atoms with Crippen LogP contribution in [0.2, 0.25) is 0 Å². The number of anilines is 2. The summed E-state index contributed by atoms with van der Waals surface area (Å²) in [5, 5.41) is 16.8. The lowest BCUT2D eigenvalue weighted by atomic mass is 10.1. The van der Waals surface area contributed by atoms with Crippen LogP contribution in [0.1, 0.15) is 5.56 Å². The van der Waals surface area contributed by atoms with Crippen molar-refractivity contribution in [3.8, 4) is 6.07 Å². The number of nitrogens with two attached hydrogens (primary N) is 1. The second kappa shape index (κ2) is 7.82. The molecule has 3 N–H and O–H groups in total. The summed E-state index contributed by atoms with van der Waals surface area (Å²) >= 11 is 0. The van der Waals surface area contributed by atoms with Gasteiger partial charge in [0.2, 0.25) is 10.0 Å². The Morgan fingerprint density at radius 1 is 1.12 bits per heavy atom. The molecule has 0 aliphatic carbocycles. The first-order chi connectivity index (χ1) is 12.2. The molecule has 0 fully saturated rings. The van der Waals surface area contributed by atoms with Crippen LogP contribution in [-0.4, -0.2) is 28.4 Å². The Hall–Kier alpha value is -3.15. The molecule has 2 rings (SSSR count). The molecular weight excluding hydrogens is 352 g/mol. The highest BCUT2D eigenvalue weighted by molar-refractivity contribution is 7.89. The standard InChI is InChI=1S/C18H18N4O3S/c1-22(2)16-7-3-13(4-8-16)11-14(12-19)18(23)21-15-5-9-17(10-6-15)26(20,24)25/h3-11H,1-2H3,(H,21,23)(H2,20,24,25). The van der Waals surface area contributed by atoms with Gasteiger partial charge < -0.3 is 10.2 Å². The number of sulfonamides is 1. The maximum Gasteiger partial charge on any atom is 0.266 e. The van der Waals surface area contributed by atoms with Crippen LogP contribution in [0.3, 0.4) is 0 Å². The molecular formula is C18H18N4O3S. The van der Waals surface area contributed by atoms with Gasteiger partial charge in [-0.25, -0.2) is 13.6 Å². The molecule has 134 valence electrons. The van der Waals surface area contributed by atoms with Crippen LogP contribution in [0, 0.1) is 11.3 Å². The van der Waals surface area contributed by atoms with Crippen LogP contribution in [0.5, 0.6) is 0 Å². The molecule has 0 radical (unpaired) electrons. The van der Waals surface area contributed by atoms with Crippen LogP contribution in [-0.2, 0) is 14.8 Å². The summed E-state index contributed by atoms with van der Waals surface area (Å²) in [6.07, 6.45) is 1.48. The average molecular weight is 370 g/mol. The van der Waals surface area contributed by atoms with Crippen molar-refractivity contribution in [2.45, 2.75) is 4.90 Å². The summed E-state index contributed by atoms with van der Waals surface area (Å²) in [6, 6.07) is 14.6. The van der Waals surface area contributed by atoms with Crippen molar-refractivity contribution in [1.29, 1.82) is 5.26 Å². The van der Waals surface area contributed by atoms with Crippen molar-refractivity contribution >= 4 is 33.4 Å². The zero-order valence-electron chi connectivity index (χ0n) is 14.3. The van der Waals surface area contributed by atoms with E-state index in [0.717, 1.165) is 5.69 Å². The number of primary sulfonamides is 1. The van der Waals surface area contributed by atoms with Gasteiger partial charge in [-0.3, -0.25) is 4.79 Å². The second-order valence-electron chi connectivity index (χ2n) is 5.68. The number of carbonyl (C=O) groups is 1. The summed E-state index contributed by atoms with van der Waals surface area (Å²) in [7, 11) is 0.0343. The van der Waals surface area contributed by atoms with E-state index in [1.54, 1.807) is 12.1 Å². The number of carbonyl (C=O) groups excluding carboxylic acids is 1. The van der Waals surface area contributed by atoms with E-state index in [1.165, 1.54) is 30.3 Å². The number of amides is 1. The fourth-order valence-corrected chi connectivity index (χ4v) is 2.63. The number of rotatable bonds is 5. The third kappa shape index (κ3) is 4.92. The van der Waals surface area contributed by atoms with Crippen molar-refractivity contribution in [2.24, 2.45) is 5.14 Å². The Morgan fingerprint density at radius 2 is 1.69 bits per heavy atom. The van der Waals surface area contributed by atoms with Gasteiger partial charge in [-0.2, -0.15) is 5.26 Å². The number of hydrogen-bond donors (Lipinski definition) is 2. The molecule has 2 aromatic carbocycles.